The number of aliphatic carboxylic acids is 1. The number of hydrogen-bond acceptors (Lipinski definition) is 4. The Kier molecular flexibility index (Phi) is 5.01. The second-order valence-corrected chi connectivity index (χ2v) is 7.64. The quantitative estimate of drug-likeness (QED) is 0.855. The Morgan fingerprint density at radius 3 is 2.96 bits per heavy atom. The number of carbonyl (C=O) groups excluding carboxylic acids is 2. The lowest BCUT2D eigenvalue weighted by molar-refractivity contribution is -0.146. The van der Waals surface area contributed by atoms with Crippen molar-refractivity contribution < 1.29 is 19.5 Å². The van der Waals surface area contributed by atoms with E-state index in [0.717, 1.165) is 4.90 Å². The lowest BCUT2D eigenvalue weighted by Crippen LogP contribution is -2.44. The van der Waals surface area contributed by atoms with Gasteiger partial charge in [-0.3, -0.25) is 14.4 Å². The summed E-state index contributed by atoms with van der Waals surface area (Å²) >= 11 is 7.26. The van der Waals surface area contributed by atoms with Gasteiger partial charge in [-0.25, -0.2) is 0 Å². The van der Waals surface area contributed by atoms with Crippen LogP contribution in [0.1, 0.15) is 19.3 Å². The third kappa shape index (κ3) is 3.67. The van der Waals surface area contributed by atoms with Crippen molar-refractivity contribution in [1.29, 1.82) is 0 Å². The maximum atomic E-state index is 12.5. The van der Waals surface area contributed by atoms with Crippen LogP contribution in [-0.4, -0.2) is 46.1 Å². The van der Waals surface area contributed by atoms with Crippen LogP contribution in [0.5, 0.6) is 0 Å². The molecule has 2 aliphatic heterocycles. The van der Waals surface area contributed by atoms with Gasteiger partial charge in [0.25, 0.3) is 0 Å². The zero-order valence-corrected chi connectivity index (χ0v) is 14.4. The minimum Gasteiger partial charge on any atom is -0.481 e. The second kappa shape index (κ2) is 7.03. The number of carboxylic acids is 1. The number of amides is 2. The normalized spacial score (nSPS) is 23.4. The van der Waals surface area contributed by atoms with Crippen molar-refractivity contribution >= 4 is 46.8 Å². The number of carboxylic acid groups (broad SMARTS) is 1. The average Bonchev–Trinajstić information content (AvgIpc) is 2.55. The topological polar surface area (TPSA) is 86.7 Å². The zero-order chi connectivity index (χ0) is 17.3. The summed E-state index contributed by atoms with van der Waals surface area (Å²) in [6, 6.07) is 5.24. The molecule has 2 atom stereocenters. The number of benzene rings is 1. The van der Waals surface area contributed by atoms with Gasteiger partial charge in [-0.15, -0.1) is 11.8 Å². The van der Waals surface area contributed by atoms with Crippen molar-refractivity contribution in [3.8, 4) is 0 Å². The van der Waals surface area contributed by atoms with Gasteiger partial charge in [-0.1, -0.05) is 11.6 Å². The Balaban J connectivity index is 1.65. The largest absolute Gasteiger partial charge is 0.481 e. The SMILES string of the molecule is O=C1Nc2cc(Cl)ccc2SC1CC(=O)N1CCC[C@H](C(=O)O)C1. The van der Waals surface area contributed by atoms with Crippen molar-refractivity contribution in [2.24, 2.45) is 5.92 Å². The van der Waals surface area contributed by atoms with Crippen LogP contribution in [0.4, 0.5) is 5.69 Å². The zero-order valence-electron chi connectivity index (χ0n) is 12.8. The molecule has 2 heterocycles. The maximum absolute atomic E-state index is 12.5. The second-order valence-electron chi connectivity index (χ2n) is 5.96. The van der Waals surface area contributed by atoms with Gasteiger partial charge in [0, 0.05) is 29.4 Å². The fraction of sp³-hybridized carbons (Fsp3) is 0.438. The summed E-state index contributed by atoms with van der Waals surface area (Å²) in [6.45, 7) is 0.771. The van der Waals surface area contributed by atoms with E-state index in [2.05, 4.69) is 5.32 Å². The summed E-state index contributed by atoms with van der Waals surface area (Å²) in [5.41, 5.74) is 0.658. The van der Waals surface area contributed by atoms with Gasteiger partial charge in [0.1, 0.15) is 0 Å². The van der Waals surface area contributed by atoms with E-state index in [1.807, 2.05) is 6.07 Å². The highest BCUT2D eigenvalue weighted by atomic mass is 35.5. The molecule has 2 amide bonds. The predicted octanol–water partition coefficient (Wildman–Crippen LogP) is 2.47. The molecule has 0 radical (unpaired) electrons. The number of likely N-dealkylation sites (tertiary alicyclic amines) is 1. The molecule has 6 nitrogen and oxygen atoms in total. The summed E-state index contributed by atoms with van der Waals surface area (Å²) in [6.07, 6.45) is 1.32. The smallest absolute Gasteiger partial charge is 0.308 e. The van der Waals surface area contributed by atoms with Gasteiger partial charge in [-0.05, 0) is 31.0 Å². The minimum atomic E-state index is -0.872. The van der Waals surface area contributed by atoms with Crippen LogP contribution in [-0.2, 0) is 14.4 Å². The van der Waals surface area contributed by atoms with E-state index >= 15 is 0 Å². The van der Waals surface area contributed by atoms with Gasteiger partial charge in [0.2, 0.25) is 11.8 Å². The molecule has 0 bridgehead atoms. The molecule has 0 saturated carbocycles. The molecule has 2 N–H and O–H groups in total. The van der Waals surface area contributed by atoms with Crippen LogP contribution >= 0.6 is 23.4 Å². The predicted molar refractivity (Wildman–Crippen MR) is 91.3 cm³/mol. The lowest BCUT2D eigenvalue weighted by atomic mass is 9.98. The van der Waals surface area contributed by atoms with Crippen LogP contribution in [0.25, 0.3) is 0 Å². The monoisotopic (exact) mass is 368 g/mol. The highest BCUT2D eigenvalue weighted by Crippen LogP contribution is 2.38. The Hall–Kier alpha value is -1.73. The summed E-state index contributed by atoms with van der Waals surface area (Å²) in [5.74, 6) is -1.79. The van der Waals surface area contributed by atoms with Gasteiger partial charge >= 0.3 is 5.97 Å². The van der Waals surface area contributed by atoms with Crippen molar-refractivity contribution in [3.63, 3.8) is 0 Å². The number of piperidine rings is 1. The number of anilines is 1. The van der Waals surface area contributed by atoms with E-state index in [1.54, 1.807) is 17.0 Å². The molecular formula is C16H17ClN2O4S. The van der Waals surface area contributed by atoms with Gasteiger partial charge < -0.3 is 15.3 Å². The number of nitrogens with zero attached hydrogens (tertiary/aromatic N) is 1. The molecule has 0 aliphatic carbocycles. The Morgan fingerprint density at radius 1 is 1.42 bits per heavy atom. The van der Waals surface area contributed by atoms with E-state index in [1.165, 1.54) is 11.8 Å². The number of halogens is 1. The summed E-state index contributed by atoms with van der Waals surface area (Å²) in [5, 5.41) is 11.9. The Bertz CT molecular complexity index is 697. The number of thioether (sulfide) groups is 1. The van der Waals surface area contributed by atoms with Crippen molar-refractivity contribution in [2.45, 2.75) is 29.4 Å². The summed E-state index contributed by atoms with van der Waals surface area (Å²) in [4.78, 5) is 38.2. The minimum absolute atomic E-state index is 0.0604. The molecule has 1 fully saturated rings. The highest BCUT2D eigenvalue weighted by molar-refractivity contribution is 8.01. The number of rotatable bonds is 3. The molecule has 1 aromatic carbocycles. The molecule has 1 unspecified atom stereocenters. The highest BCUT2D eigenvalue weighted by Gasteiger charge is 2.33. The molecule has 0 aromatic heterocycles. The molecule has 3 rings (SSSR count). The van der Waals surface area contributed by atoms with Gasteiger partial charge in [0.15, 0.2) is 0 Å². The Labute approximate surface area is 148 Å². The molecule has 24 heavy (non-hydrogen) atoms. The number of fused-ring (bicyclic) bond motifs is 1. The third-order valence-corrected chi connectivity index (χ3v) is 5.75. The van der Waals surface area contributed by atoms with E-state index in [4.69, 9.17) is 16.7 Å². The molecule has 1 aromatic rings. The van der Waals surface area contributed by atoms with Gasteiger partial charge in [0.05, 0.1) is 16.9 Å². The van der Waals surface area contributed by atoms with E-state index in [-0.39, 0.29) is 24.8 Å². The lowest BCUT2D eigenvalue weighted by Gasteiger charge is -2.32. The van der Waals surface area contributed by atoms with Crippen LogP contribution < -0.4 is 5.32 Å². The molecule has 1 saturated heterocycles. The maximum Gasteiger partial charge on any atom is 0.308 e. The fourth-order valence-electron chi connectivity index (χ4n) is 2.95. The van der Waals surface area contributed by atoms with Crippen LogP contribution in [0.3, 0.4) is 0 Å². The summed E-state index contributed by atoms with van der Waals surface area (Å²) in [7, 11) is 0. The first-order valence-corrected chi connectivity index (χ1v) is 8.97. The third-order valence-electron chi connectivity index (χ3n) is 4.24. The molecule has 0 spiro atoms. The summed E-state index contributed by atoms with van der Waals surface area (Å²) < 4.78 is 0. The Morgan fingerprint density at radius 2 is 2.21 bits per heavy atom. The van der Waals surface area contributed by atoms with E-state index in [9.17, 15) is 14.4 Å². The molecule has 128 valence electrons. The standard InChI is InChI=1S/C16H17ClN2O4S/c17-10-3-4-12-11(6-10)18-15(21)13(24-12)7-14(20)19-5-1-2-9(8-19)16(22)23/h3-4,6,9,13H,1-2,5,7-8H2,(H,18,21)(H,22,23)/t9-,13?/m0/s1. The van der Waals surface area contributed by atoms with Crippen LogP contribution in [0.15, 0.2) is 23.1 Å². The van der Waals surface area contributed by atoms with Crippen molar-refractivity contribution in [3.05, 3.63) is 23.2 Å². The van der Waals surface area contributed by atoms with E-state index in [0.29, 0.717) is 30.1 Å². The number of nitrogens with one attached hydrogen (secondary N) is 1. The first-order valence-electron chi connectivity index (χ1n) is 7.71. The number of carbonyl (C=O) groups is 3. The first kappa shape index (κ1) is 17.1. The fourth-order valence-corrected chi connectivity index (χ4v) is 4.20. The molecule has 2 aliphatic rings. The first-order chi connectivity index (χ1) is 11.4. The molecule has 8 heteroatoms. The number of hydrogen-bond donors (Lipinski definition) is 2. The molecular weight excluding hydrogens is 352 g/mol. The van der Waals surface area contributed by atoms with E-state index < -0.39 is 17.1 Å². The van der Waals surface area contributed by atoms with Crippen LogP contribution in [0.2, 0.25) is 5.02 Å². The average molecular weight is 369 g/mol. The van der Waals surface area contributed by atoms with Crippen molar-refractivity contribution in [1.82, 2.24) is 4.90 Å². The van der Waals surface area contributed by atoms with Crippen molar-refractivity contribution in [2.75, 3.05) is 18.4 Å². The van der Waals surface area contributed by atoms with Crippen LogP contribution in [0, 0.1) is 5.92 Å². The van der Waals surface area contributed by atoms with Gasteiger partial charge in [-0.2, -0.15) is 0 Å².